The SMILES string of the molecule is O=C(OCC(=O)N1c2ccccc2Sc2ccccc21)c1ccc(S(=O)(=O)NC2CC2)cc1. The van der Waals surface area contributed by atoms with Crippen LogP contribution in [0.15, 0.2) is 87.5 Å². The number of carbonyl (C=O) groups is 2. The fraction of sp³-hybridized carbons (Fsp3) is 0.167. The molecule has 5 rings (SSSR count). The molecule has 0 spiro atoms. The lowest BCUT2D eigenvalue weighted by atomic mass is 10.2. The highest BCUT2D eigenvalue weighted by molar-refractivity contribution is 7.99. The topological polar surface area (TPSA) is 92.8 Å². The van der Waals surface area contributed by atoms with Crippen LogP contribution in [-0.4, -0.2) is 32.9 Å². The van der Waals surface area contributed by atoms with Gasteiger partial charge in [-0.25, -0.2) is 17.9 Å². The number of rotatable bonds is 6. The van der Waals surface area contributed by atoms with E-state index in [1.54, 1.807) is 16.7 Å². The molecule has 1 N–H and O–H groups in total. The second kappa shape index (κ2) is 8.66. The number of anilines is 2. The molecule has 0 unspecified atom stereocenters. The van der Waals surface area contributed by atoms with Crippen molar-refractivity contribution in [3.05, 3.63) is 78.4 Å². The first-order valence-corrected chi connectivity index (χ1v) is 12.7. The Kier molecular flexibility index (Phi) is 5.69. The lowest BCUT2D eigenvalue weighted by Crippen LogP contribution is -2.32. The third kappa shape index (κ3) is 4.52. The Bertz CT molecular complexity index is 1290. The normalized spacial score (nSPS) is 14.8. The van der Waals surface area contributed by atoms with Gasteiger partial charge in [0.1, 0.15) is 0 Å². The first kappa shape index (κ1) is 21.7. The van der Waals surface area contributed by atoms with Gasteiger partial charge in [0.2, 0.25) is 10.0 Å². The van der Waals surface area contributed by atoms with E-state index in [-0.39, 0.29) is 22.4 Å². The van der Waals surface area contributed by atoms with Gasteiger partial charge in [-0.3, -0.25) is 9.69 Å². The van der Waals surface area contributed by atoms with Gasteiger partial charge in [0.15, 0.2) is 6.61 Å². The zero-order valence-electron chi connectivity index (χ0n) is 17.4. The fourth-order valence-electron chi connectivity index (χ4n) is 3.51. The molecule has 1 fully saturated rings. The smallest absolute Gasteiger partial charge is 0.338 e. The molecule has 0 bridgehead atoms. The molecule has 1 amide bonds. The van der Waals surface area contributed by atoms with Crippen molar-refractivity contribution in [1.29, 1.82) is 0 Å². The maximum Gasteiger partial charge on any atom is 0.338 e. The Labute approximate surface area is 195 Å². The van der Waals surface area contributed by atoms with E-state index in [2.05, 4.69) is 4.72 Å². The number of carbonyl (C=O) groups excluding carboxylic acids is 2. The summed E-state index contributed by atoms with van der Waals surface area (Å²) in [5.74, 6) is -1.08. The molecule has 0 radical (unpaired) electrons. The highest BCUT2D eigenvalue weighted by atomic mass is 32.2. The number of hydrogen-bond acceptors (Lipinski definition) is 6. The van der Waals surface area contributed by atoms with Crippen molar-refractivity contribution >= 4 is 45.0 Å². The van der Waals surface area contributed by atoms with Crippen LogP contribution in [0, 0.1) is 0 Å². The van der Waals surface area contributed by atoms with Crippen molar-refractivity contribution in [1.82, 2.24) is 4.72 Å². The highest BCUT2D eigenvalue weighted by Gasteiger charge is 2.29. The molecule has 1 aliphatic carbocycles. The Morgan fingerprint density at radius 3 is 2.06 bits per heavy atom. The van der Waals surface area contributed by atoms with Crippen molar-refractivity contribution < 1.29 is 22.7 Å². The second-order valence-electron chi connectivity index (χ2n) is 7.76. The van der Waals surface area contributed by atoms with Crippen LogP contribution in [0.5, 0.6) is 0 Å². The van der Waals surface area contributed by atoms with Gasteiger partial charge in [-0.05, 0) is 61.4 Å². The van der Waals surface area contributed by atoms with Crippen molar-refractivity contribution in [2.24, 2.45) is 0 Å². The number of amides is 1. The Morgan fingerprint density at radius 1 is 0.909 bits per heavy atom. The number of nitrogens with zero attached hydrogens (tertiary/aromatic N) is 1. The summed E-state index contributed by atoms with van der Waals surface area (Å²) in [7, 11) is -3.60. The Hall–Kier alpha value is -3.14. The lowest BCUT2D eigenvalue weighted by molar-refractivity contribution is -0.121. The van der Waals surface area contributed by atoms with Crippen LogP contribution in [-0.2, 0) is 19.6 Å². The third-order valence-corrected chi connectivity index (χ3v) is 7.97. The van der Waals surface area contributed by atoms with Crippen LogP contribution in [0.4, 0.5) is 11.4 Å². The maximum absolute atomic E-state index is 13.1. The first-order valence-electron chi connectivity index (χ1n) is 10.4. The van der Waals surface area contributed by atoms with Crippen molar-refractivity contribution in [2.75, 3.05) is 11.5 Å². The summed E-state index contributed by atoms with van der Waals surface area (Å²) in [6, 6.07) is 20.6. The summed E-state index contributed by atoms with van der Waals surface area (Å²) in [5, 5.41) is 0. The van der Waals surface area contributed by atoms with Gasteiger partial charge in [-0.1, -0.05) is 36.0 Å². The summed E-state index contributed by atoms with van der Waals surface area (Å²) in [5.41, 5.74) is 1.64. The van der Waals surface area contributed by atoms with E-state index >= 15 is 0 Å². The van der Waals surface area contributed by atoms with Gasteiger partial charge in [0.25, 0.3) is 5.91 Å². The molecule has 3 aromatic carbocycles. The van der Waals surface area contributed by atoms with E-state index < -0.39 is 22.6 Å². The number of esters is 1. The van der Waals surface area contributed by atoms with Crippen molar-refractivity contribution in [3.8, 4) is 0 Å². The largest absolute Gasteiger partial charge is 0.452 e. The predicted octanol–water partition coefficient (Wildman–Crippen LogP) is 4.11. The molecule has 0 aromatic heterocycles. The van der Waals surface area contributed by atoms with Gasteiger partial charge in [-0.15, -0.1) is 0 Å². The van der Waals surface area contributed by atoms with Crippen LogP contribution in [0.1, 0.15) is 23.2 Å². The molecule has 0 atom stereocenters. The zero-order valence-corrected chi connectivity index (χ0v) is 19.1. The van der Waals surface area contributed by atoms with E-state index in [0.29, 0.717) is 0 Å². The summed E-state index contributed by atoms with van der Waals surface area (Å²) < 4.78 is 32.4. The van der Waals surface area contributed by atoms with E-state index in [9.17, 15) is 18.0 Å². The fourth-order valence-corrected chi connectivity index (χ4v) is 5.87. The minimum Gasteiger partial charge on any atom is -0.452 e. The van der Waals surface area contributed by atoms with Crippen LogP contribution in [0.3, 0.4) is 0 Å². The average Bonchev–Trinajstić information content (AvgIpc) is 3.64. The lowest BCUT2D eigenvalue weighted by Gasteiger charge is -2.30. The van der Waals surface area contributed by atoms with Gasteiger partial charge in [0.05, 0.1) is 21.8 Å². The number of sulfonamides is 1. The Morgan fingerprint density at radius 2 is 1.48 bits per heavy atom. The van der Waals surface area contributed by atoms with E-state index in [1.165, 1.54) is 24.3 Å². The van der Waals surface area contributed by atoms with Crippen LogP contribution in [0.25, 0.3) is 0 Å². The van der Waals surface area contributed by atoms with Gasteiger partial charge >= 0.3 is 5.97 Å². The molecule has 168 valence electrons. The molecule has 2 aliphatic rings. The standard InChI is InChI=1S/C24H20N2O5S2/c27-23(26-19-5-1-3-7-21(19)32-22-8-4-2-6-20(22)26)15-31-24(28)16-9-13-18(14-10-16)33(29,30)25-17-11-12-17/h1-10,13-14,17,25H,11-12,15H2. The van der Waals surface area contributed by atoms with E-state index in [4.69, 9.17) is 4.74 Å². The summed E-state index contributed by atoms with van der Waals surface area (Å²) in [6.07, 6.45) is 1.67. The van der Waals surface area contributed by atoms with Crippen LogP contribution >= 0.6 is 11.8 Å². The number of ether oxygens (including phenoxy) is 1. The quantitative estimate of drug-likeness (QED) is 0.534. The molecule has 1 heterocycles. The number of fused-ring (bicyclic) bond motifs is 2. The van der Waals surface area contributed by atoms with E-state index in [1.807, 2.05) is 48.5 Å². The molecule has 1 saturated carbocycles. The zero-order chi connectivity index (χ0) is 23.0. The van der Waals surface area contributed by atoms with E-state index in [0.717, 1.165) is 34.0 Å². The predicted molar refractivity (Wildman–Crippen MR) is 124 cm³/mol. The van der Waals surface area contributed by atoms with Crippen molar-refractivity contribution in [3.63, 3.8) is 0 Å². The molecule has 1 aliphatic heterocycles. The molecule has 9 heteroatoms. The van der Waals surface area contributed by atoms with Gasteiger partial charge in [0, 0.05) is 15.8 Å². The Balaban J connectivity index is 1.29. The number of benzene rings is 3. The molecule has 33 heavy (non-hydrogen) atoms. The van der Waals surface area contributed by atoms with Gasteiger partial charge < -0.3 is 4.74 Å². The summed E-state index contributed by atoms with van der Waals surface area (Å²) in [6.45, 7) is -0.449. The molecule has 3 aromatic rings. The van der Waals surface area contributed by atoms with Crippen molar-refractivity contribution in [2.45, 2.75) is 33.6 Å². The molecule has 0 saturated heterocycles. The first-order chi connectivity index (χ1) is 15.9. The number of hydrogen-bond donors (Lipinski definition) is 1. The number of para-hydroxylation sites is 2. The van der Waals surface area contributed by atoms with Crippen LogP contribution in [0.2, 0.25) is 0 Å². The average molecular weight is 481 g/mol. The highest BCUT2D eigenvalue weighted by Crippen LogP contribution is 2.47. The molecular weight excluding hydrogens is 460 g/mol. The monoisotopic (exact) mass is 480 g/mol. The minimum absolute atomic E-state index is 0.00546. The molecule has 7 nitrogen and oxygen atoms in total. The summed E-state index contributed by atoms with van der Waals surface area (Å²) in [4.78, 5) is 29.1. The van der Waals surface area contributed by atoms with Gasteiger partial charge in [-0.2, -0.15) is 0 Å². The third-order valence-electron chi connectivity index (χ3n) is 5.31. The minimum atomic E-state index is -3.60. The second-order valence-corrected chi connectivity index (χ2v) is 10.6. The van der Waals surface area contributed by atoms with Crippen LogP contribution < -0.4 is 9.62 Å². The summed E-state index contributed by atoms with van der Waals surface area (Å²) >= 11 is 1.58. The number of nitrogens with one attached hydrogen (secondary N) is 1. The maximum atomic E-state index is 13.1. The molecular formula is C24H20N2O5S2.